The van der Waals surface area contributed by atoms with Crippen LogP contribution in [-0.2, 0) is 11.2 Å². The number of nitrogens with one attached hydrogen (secondary N) is 1. The van der Waals surface area contributed by atoms with Crippen molar-refractivity contribution in [2.75, 3.05) is 25.0 Å². The smallest absolute Gasteiger partial charge is 0.230 e. The molecule has 1 rings (SSSR count). The fraction of sp³-hybridized carbons (Fsp3) is 0.533. The van der Waals surface area contributed by atoms with Crippen molar-refractivity contribution < 1.29 is 4.79 Å². The number of amides is 1. The molecular weight excluding hydrogens is 224 g/mol. The summed E-state index contributed by atoms with van der Waals surface area (Å²) in [6, 6.07) is 8.18. The molecule has 0 bridgehead atoms. The largest absolute Gasteiger partial charge is 0.316 e. The lowest BCUT2D eigenvalue weighted by molar-refractivity contribution is -0.121. The fourth-order valence-corrected chi connectivity index (χ4v) is 1.86. The molecule has 1 aromatic rings. The van der Waals surface area contributed by atoms with E-state index in [0.29, 0.717) is 0 Å². The first-order chi connectivity index (χ1) is 8.60. The Labute approximate surface area is 110 Å². The van der Waals surface area contributed by atoms with E-state index in [4.69, 9.17) is 0 Å². The van der Waals surface area contributed by atoms with Crippen LogP contribution in [-0.4, -0.2) is 26.0 Å². The highest BCUT2D eigenvalue weighted by molar-refractivity contribution is 5.94. The molecule has 0 fully saturated rings. The van der Waals surface area contributed by atoms with Gasteiger partial charge in [-0.1, -0.05) is 32.9 Å². The molecule has 0 aliphatic rings. The average molecular weight is 248 g/mol. The summed E-state index contributed by atoms with van der Waals surface area (Å²) in [4.78, 5) is 13.9. The standard InChI is InChI=1S/C15H24N2O/c1-5-13-7-9-14(10-8-13)17(4)15(18)12(3)11-16-6-2/h7-10,12,16H,5-6,11H2,1-4H3. The topological polar surface area (TPSA) is 32.3 Å². The molecule has 18 heavy (non-hydrogen) atoms. The second-order valence-corrected chi connectivity index (χ2v) is 4.63. The van der Waals surface area contributed by atoms with Gasteiger partial charge in [-0.3, -0.25) is 4.79 Å². The van der Waals surface area contributed by atoms with Crippen molar-refractivity contribution in [2.24, 2.45) is 5.92 Å². The van der Waals surface area contributed by atoms with Crippen LogP contribution in [0.3, 0.4) is 0 Å². The molecule has 0 aromatic heterocycles. The van der Waals surface area contributed by atoms with E-state index in [1.165, 1.54) is 5.56 Å². The van der Waals surface area contributed by atoms with E-state index in [9.17, 15) is 4.79 Å². The Kier molecular flexibility index (Phi) is 5.86. The van der Waals surface area contributed by atoms with Crippen LogP contribution in [0.1, 0.15) is 26.3 Å². The van der Waals surface area contributed by atoms with Gasteiger partial charge < -0.3 is 10.2 Å². The highest BCUT2D eigenvalue weighted by Crippen LogP contribution is 2.16. The van der Waals surface area contributed by atoms with Gasteiger partial charge in [-0.05, 0) is 30.7 Å². The third-order valence-corrected chi connectivity index (χ3v) is 3.18. The van der Waals surface area contributed by atoms with Gasteiger partial charge in [0, 0.05) is 25.2 Å². The molecule has 0 aliphatic carbocycles. The molecule has 0 spiro atoms. The molecular formula is C15H24N2O. The summed E-state index contributed by atoms with van der Waals surface area (Å²) in [6.07, 6.45) is 1.02. The number of hydrogen-bond donors (Lipinski definition) is 1. The molecule has 0 saturated heterocycles. The van der Waals surface area contributed by atoms with Crippen molar-refractivity contribution >= 4 is 11.6 Å². The Morgan fingerprint density at radius 3 is 2.39 bits per heavy atom. The van der Waals surface area contributed by atoms with Gasteiger partial charge in [0.15, 0.2) is 0 Å². The molecule has 0 saturated carbocycles. The predicted molar refractivity (Wildman–Crippen MR) is 76.9 cm³/mol. The highest BCUT2D eigenvalue weighted by Gasteiger charge is 2.17. The van der Waals surface area contributed by atoms with Crippen molar-refractivity contribution in [1.29, 1.82) is 0 Å². The number of carbonyl (C=O) groups excluding carboxylic acids is 1. The summed E-state index contributed by atoms with van der Waals surface area (Å²) in [5.41, 5.74) is 2.25. The Morgan fingerprint density at radius 2 is 1.89 bits per heavy atom. The molecule has 1 atom stereocenters. The van der Waals surface area contributed by atoms with Crippen molar-refractivity contribution in [3.05, 3.63) is 29.8 Å². The van der Waals surface area contributed by atoms with Crippen molar-refractivity contribution in [2.45, 2.75) is 27.2 Å². The zero-order chi connectivity index (χ0) is 13.5. The normalized spacial score (nSPS) is 12.2. The molecule has 1 unspecified atom stereocenters. The van der Waals surface area contributed by atoms with Gasteiger partial charge in [-0.15, -0.1) is 0 Å². The van der Waals surface area contributed by atoms with Gasteiger partial charge in [-0.2, -0.15) is 0 Å². The van der Waals surface area contributed by atoms with Crippen LogP contribution in [0.5, 0.6) is 0 Å². The summed E-state index contributed by atoms with van der Waals surface area (Å²) in [7, 11) is 1.84. The quantitative estimate of drug-likeness (QED) is 0.838. The fourth-order valence-electron chi connectivity index (χ4n) is 1.86. The van der Waals surface area contributed by atoms with Gasteiger partial charge >= 0.3 is 0 Å². The van der Waals surface area contributed by atoms with Crippen LogP contribution in [0.2, 0.25) is 0 Å². The number of rotatable bonds is 6. The summed E-state index contributed by atoms with van der Waals surface area (Å²) < 4.78 is 0. The van der Waals surface area contributed by atoms with Crippen molar-refractivity contribution in [1.82, 2.24) is 5.32 Å². The first-order valence-electron chi connectivity index (χ1n) is 6.67. The minimum absolute atomic E-state index is 0.000742. The molecule has 0 aliphatic heterocycles. The maximum Gasteiger partial charge on any atom is 0.230 e. The molecule has 1 N–H and O–H groups in total. The van der Waals surface area contributed by atoms with E-state index in [-0.39, 0.29) is 11.8 Å². The number of hydrogen-bond acceptors (Lipinski definition) is 2. The number of benzene rings is 1. The van der Waals surface area contributed by atoms with Crippen molar-refractivity contribution in [3.8, 4) is 0 Å². The molecule has 1 aromatic carbocycles. The van der Waals surface area contributed by atoms with E-state index < -0.39 is 0 Å². The number of anilines is 1. The van der Waals surface area contributed by atoms with Crippen LogP contribution in [0, 0.1) is 5.92 Å². The van der Waals surface area contributed by atoms with Gasteiger partial charge in [0.05, 0.1) is 0 Å². The minimum Gasteiger partial charge on any atom is -0.316 e. The maximum atomic E-state index is 12.2. The molecule has 3 nitrogen and oxygen atoms in total. The zero-order valence-electron chi connectivity index (χ0n) is 11.9. The molecule has 0 heterocycles. The summed E-state index contributed by atoms with van der Waals surface area (Å²) >= 11 is 0. The highest BCUT2D eigenvalue weighted by atomic mass is 16.2. The van der Waals surface area contributed by atoms with Crippen LogP contribution in [0.25, 0.3) is 0 Å². The van der Waals surface area contributed by atoms with E-state index in [1.807, 2.05) is 33.0 Å². The molecule has 1 amide bonds. The van der Waals surface area contributed by atoms with Gasteiger partial charge in [0.2, 0.25) is 5.91 Å². The van der Waals surface area contributed by atoms with E-state index >= 15 is 0 Å². The monoisotopic (exact) mass is 248 g/mol. The third kappa shape index (κ3) is 3.84. The van der Waals surface area contributed by atoms with Gasteiger partial charge in [-0.25, -0.2) is 0 Å². The number of aryl methyl sites for hydroxylation is 1. The van der Waals surface area contributed by atoms with E-state index in [2.05, 4.69) is 24.4 Å². The lowest BCUT2D eigenvalue weighted by Gasteiger charge is -2.22. The lowest BCUT2D eigenvalue weighted by Crippen LogP contribution is -2.36. The van der Waals surface area contributed by atoms with Gasteiger partial charge in [0.25, 0.3) is 0 Å². The third-order valence-electron chi connectivity index (χ3n) is 3.18. The zero-order valence-corrected chi connectivity index (χ0v) is 11.9. The van der Waals surface area contributed by atoms with E-state index in [1.54, 1.807) is 4.90 Å². The summed E-state index contributed by atoms with van der Waals surface area (Å²) in [5.74, 6) is 0.154. The first-order valence-corrected chi connectivity index (χ1v) is 6.67. The molecule has 0 radical (unpaired) electrons. The van der Waals surface area contributed by atoms with Gasteiger partial charge in [0.1, 0.15) is 0 Å². The molecule has 100 valence electrons. The van der Waals surface area contributed by atoms with Crippen LogP contribution < -0.4 is 10.2 Å². The Balaban J connectivity index is 2.67. The van der Waals surface area contributed by atoms with Crippen LogP contribution >= 0.6 is 0 Å². The first kappa shape index (κ1) is 14.7. The Morgan fingerprint density at radius 1 is 1.28 bits per heavy atom. The van der Waals surface area contributed by atoms with Crippen LogP contribution in [0.4, 0.5) is 5.69 Å². The second-order valence-electron chi connectivity index (χ2n) is 4.63. The average Bonchev–Trinajstić information content (AvgIpc) is 2.43. The Hall–Kier alpha value is -1.35. The number of carbonyl (C=O) groups is 1. The SMILES string of the molecule is CCNCC(C)C(=O)N(C)c1ccc(CC)cc1. The van der Waals surface area contributed by atoms with Crippen LogP contribution in [0.15, 0.2) is 24.3 Å². The molecule has 3 heteroatoms. The predicted octanol–water partition coefficient (Wildman–Crippen LogP) is 2.46. The second kappa shape index (κ2) is 7.17. The number of nitrogens with zero attached hydrogens (tertiary/aromatic N) is 1. The maximum absolute atomic E-state index is 12.2. The van der Waals surface area contributed by atoms with E-state index in [0.717, 1.165) is 25.2 Å². The summed E-state index contributed by atoms with van der Waals surface area (Å²) in [6.45, 7) is 7.76. The Bertz CT molecular complexity index is 373. The lowest BCUT2D eigenvalue weighted by atomic mass is 10.1. The minimum atomic E-state index is 0.000742. The summed E-state index contributed by atoms with van der Waals surface area (Å²) in [5, 5.41) is 3.21. The van der Waals surface area contributed by atoms with Crippen molar-refractivity contribution in [3.63, 3.8) is 0 Å².